The van der Waals surface area contributed by atoms with Crippen LogP contribution < -0.4 is 9.47 Å². The molecule has 0 aliphatic carbocycles. The number of likely N-dealkylation sites (tertiary alicyclic amines) is 1. The summed E-state index contributed by atoms with van der Waals surface area (Å²) >= 11 is 0. The van der Waals surface area contributed by atoms with Gasteiger partial charge in [-0.3, -0.25) is 9.78 Å². The van der Waals surface area contributed by atoms with E-state index in [1.807, 2.05) is 6.07 Å². The molecule has 0 N–H and O–H groups in total. The van der Waals surface area contributed by atoms with E-state index in [9.17, 15) is 10.0 Å². The zero-order valence-electron chi connectivity index (χ0n) is 10.7. The molecule has 0 unspecified atom stereocenters. The molecule has 0 spiro atoms. The van der Waals surface area contributed by atoms with Gasteiger partial charge in [0.25, 0.3) is 5.91 Å². The number of hydrogen-bond donors (Lipinski definition) is 0. The van der Waals surface area contributed by atoms with Gasteiger partial charge < -0.3 is 14.8 Å². The first-order chi connectivity index (χ1) is 9.72. The van der Waals surface area contributed by atoms with Gasteiger partial charge in [-0.25, -0.2) is 0 Å². The number of carbonyl (C=O) groups is 1. The summed E-state index contributed by atoms with van der Waals surface area (Å²) in [5.74, 6) is 0.544. The molecule has 3 heterocycles. The van der Waals surface area contributed by atoms with Gasteiger partial charge in [0.2, 0.25) is 0 Å². The second-order valence-electron chi connectivity index (χ2n) is 4.59. The van der Waals surface area contributed by atoms with Crippen LogP contribution in [0.5, 0.6) is 5.75 Å². The zero-order valence-corrected chi connectivity index (χ0v) is 10.7. The molecule has 0 aromatic carbocycles. The van der Waals surface area contributed by atoms with Crippen molar-refractivity contribution < 1.29 is 14.3 Å². The largest absolute Gasteiger partial charge is 0.619 e. The number of nitrogens with zero attached hydrogens (tertiary/aromatic N) is 3. The lowest BCUT2D eigenvalue weighted by atomic mass is 10.1. The highest BCUT2D eigenvalue weighted by Crippen LogP contribution is 2.18. The van der Waals surface area contributed by atoms with E-state index < -0.39 is 0 Å². The maximum Gasteiger partial charge on any atom is 0.260 e. The predicted molar refractivity (Wildman–Crippen MR) is 70.0 cm³/mol. The van der Waals surface area contributed by atoms with Crippen LogP contribution in [-0.4, -0.2) is 35.0 Å². The quantitative estimate of drug-likeness (QED) is 0.606. The Hall–Kier alpha value is -2.63. The minimum Gasteiger partial charge on any atom is -0.619 e. The van der Waals surface area contributed by atoms with Gasteiger partial charge in [-0.05, 0) is 18.2 Å². The molecule has 6 heteroatoms. The summed E-state index contributed by atoms with van der Waals surface area (Å²) < 4.78 is 6.29. The van der Waals surface area contributed by atoms with Crippen LogP contribution in [0.15, 0.2) is 49.1 Å². The minimum atomic E-state index is -0.152. The fraction of sp³-hybridized carbons (Fsp3) is 0.214. The van der Waals surface area contributed by atoms with Crippen LogP contribution in [0.2, 0.25) is 0 Å². The summed E-state index contributed by atoms with van der Waals surface area (Å²) in [5, 5.41) is 11.1. The van der Waals surface area contributed by atoms with Gasteiger partial charge in [0.05, 0.1) is 19.3 Å². The summed E-state index contributed by atoms with van der Waals surface area (Å²) in [4.78, 5) is 17.7. The van der Waals surface area contributed by atoms with Gasteiger partial charge in [-0.15, -0.1) is 0 Å². The van der Waals surface area contributed by atoms with Crippen molar-refractivity contribution in [3.05, 3.63) is 59.8 Å². The minimum absolute atomic E-state index is 0.0220. The standard InChI is InChI=1S/C14H13N3O3/c18-14(11-3-2-6-17(19)8-11)16-9-13(10-16)20-12-4-1-5-15-7-12/h1-8,13H,9-10H2. The van der Waals surface area contributed by atoms with Crippen LogP contribution in [0.4, 0.5) is 0 Å². The Morgan fingerprint density at radius 1 is 1.40 bits per heavy atom. The predicted octanol–water partition coefficient (Wildman–Crippen LogP) is 0.618. The molecule has 20 heavy (non-hydrogen) atoms. The molecular formula is C14H13N3O3. The molecule has 1 aliphatic rings. The number of carbonyl (C=O) groups excluding carboxylic acids is 1. The third-order valence-electron chi connectivity index (χ3n) is 3.09. The van der Waals surface area contributed by atoms with Gasteiger partial charge in [0.1, 0.15) is 17.4 Å². The molecule has 0 saturated carbocycles. The van der Waals surface area contributed by atoms with Crippen molar-refractivity contribution in [2.45, 2.75) is 6.10 Å². The average molecular weight is 271 g/mol. The zero-order chi connectivity index (χ0) is 13.9. The average Bonchev–Trinajstić information content (AvgIpc) is 2.43. The van der Waals surface area contributed by atoms with Crippen molar-refractivity contribution in [3.63, 3.8) is 0 Å². The fourth-order valence-electron chi connectivity index (χ4n) is 2.05. The monoisotopic (exact) mass is 271 g/mol. The highest BCUT2D eigenvalue weighted by atomic mass is 16.5. The topological polar surface area (TPSA) is 69.4 Å². The Kier molecular flexibility index (Phi) is 3.20. The van der Waals surface area contributed by atoms with E-state index in [-0.39, 0.29) is 12.0 Å². The van der Waals surface area contributed by atoms with E-state index in [4.69, 9.17) is 4.74 Å². The van der Waals surface area contributed by atoms with Crippen molar-refractivity contribution in [2.24, 2.45) is 0 Å². The van der Waals surface area contributed by atoms with Crippen LogP contribution in [-0.2, 0) is 0 Å². The molecule has 0 bridgehead atoms. The molecule has 2 aromatic heterocycles. The lowest BCUT2D eigenvalue weighted by Crippen LogP contribution is -2.56. The molecular weight excluding hydrogens is 258 g/mol. The van der Waals surface area contributed by atoms with Gasteiger partial charge in [-0.1, -0.05) is 0 Å². The Morgan fingerprint density at radius 3 is 2.95 bits per heavy atom. The second-order valence-corrected chi connectivity index (χ2v) is 4.59. The van der Waals surface area contributed by atoms with Crippen LogP contribution in [0.1, 0.15) is 10.4 Å². The maximum absolute atomic E-state index is 12.1. The molecule has 0 atom stereocenters. The number of hydrogen-bond acceptors (Lipinski definition) is 4. The smallest absolute Gasteiger partial charge is 0.260 e. The number of ether oxygens (including phenoxy) is 1. The Labute approximate surface area is 115 Å². The number of amides is 1. The summed E-state index contributed by atoms with van der Waals surface area (Å²) in [6, 6.07) is 6.82. The summed E-state index contributed by atoms with van der Waals surface area (Å²) in [6.45, 7) is 1.03. The first-order valence-electron chi connectivity index (χ1n) is 6.27. The lowest BCUT2D eigenvalue weighted by Gasteiger charge is -2.38. The second kappa shape index (κ2) is 5.16. The molecule has 1 saturated heterocycles. The molecule has 1 fully saturated rings. The molecule has 1 aliphatic heterocycles. The van der Waals surface area contributed by atoms with Gasteiger partial charge in [0.15, 0.2) is 12.4 Å². The summed E-state index contributed by atoms with van der Waals surface area (Å²) in [7, 11) is 0. The van der Waals surface area contributed by atoms with Crippen LogP contribution in [0, 0.1) is 5.21 Å². The first kappa shape index (κ1) is 12.4. The van der Waals surface area contributed by atoms with Crippen molar-refractivity contribution in [1.82, 2.24) is 9.88 Å². The first-order valence-corrected chi connectivity index (χ1v) is 6.27. The van der Waals surface area contributed by atoms with Crippen molar-refractivity contribution in [1.29, 1.82) is 0 Å². The molecule has 102 valence electrons. The van der Waals surface area contributed by atoms with E-state index in [0.717, 1.165) is 0 Å². The van der Waals surface area contributed by atoms with E-state index in [1.165, 1.54) is 12.4 Å². The normalized spacial score (nSPS) is 14.7. The molecule has 3 rings (SSSR count). The highest BCUT2D eigenvalue weighted by Gasteiger charge is 2.33. The number of aromatic nitrogens is 2. The lowest BCUT2D eigenvalue weighted by molar-refractivity contribution is -0.605. The van der Waals surface area contributed by atoms with E-state index in [2.05, 4.69) is 4.98 Å². The molecule has 6 nitrogen and oxygen atoms in total. The van der Waals surface area contributed by atoms with E-state index in [0.29, 0.717) is 29.1 Å². The summed E-state index contributed by atoms with van der Waals surface area (Å²) in [5.41, 5.74) is 0.391. The van der Waals surface area contributed by atoms with Gasteiger partial charge >= 0.3 is 0 Å². The van der Waals surface area contributed by atoms with Crippen molar-refractivity contribution in [2.75, 3.05) is 13.1 Å². The Balaban J connectivity index is 1.56. The van der Waals surface area contributed by atoms with Crippen molar-refractivity contribution in [3.8, 4) is 5.75 Å². The molecule has 2 aromatic rings. The van der Waals surface area contributed by atoms with E-state index >= 15 is 0 Å². The van der Waals surface area contributed by atoms with Crippen LogP contribution >= 0.6 is 0 Å². The fourth-order valence-corrected chi connectivity index (χ4v) is 2.05. The van der Waals surface area contributed by atoms with Crippen molar-refractivity contribution >= 4 is 5.91 Å². The van der Waals surface area contributed by atoms with E-state index in [1.54, 1.807) is 35.5 Å². The Morgan fingerprint density at radius 2 is 2.25 bits per heavy atom. The third-order valence-corrected chi connectivity index (χ3v) is 3.09. The SMILES string of the molecule is O=C(c1ccc[n+]([O-])c1)N1CC(Oc2cccnc2)C1. The number of pyridine rings is 2. The van der Waals surface area contributed by atoms with Crippen LogP contribution in [0.3, 0.4) is 0 Å². The Bertz CT molecular complexity index is 612. The van der Waals surface area contributed by atoms with Gasteiger partial charge in [0, 0.05) is 12.3 Å². The third kappa shape index (κ3) is 2.54. The summed E-state index contributed by atoms with van der Waals surface area (Å²) in [6.07, 6.45) is 5.92. The molecule has 1 amide bonds. The molecule has 0 radical (unpaired) electrons. The van der Waals surface area contributed by atoms with Crippen LogP contribution in [0.25, 0.3) is 0 Å². The van der Waals surface area contributed by atoms with Gasteiger partial charge in [-0.2, -0.15) is 4.73 Å². The highest BCUT2D eigenvalue weighted by molar-refractivity contribution is 5.94. The maximum atomic E-state index is 12.1. The number of rotatable bonds is 3.